The molecule has 1 unspecified atom stereocenters. The molecule has 4 aliphatic rings. The van der Waals surface area contributed by atoms with Crippen LogP contribution in [-0.2, 0) is 33.2 Å². The number of allylic oxidation sites excluding steroid dienone is 3. The minimum absolute atomic E-state index is 0.0981. The van der Waals surface area contributed by atoms with Crippen LogP contribution in [0, 0.1) is 40.4 Å². The molecule has 4 rings (SSSR count). The molecule has 43 heavy (non-hydrogen) atoms. The molecule has 0 amide bonds. The van der Waals surface area contributed by atoms with Crippen molar-refractivity contribution in [3.8, 4) is 0 Å². The van der Waals surface area contributed by atoms with E-state index in [2.05, 4.69) is 39.8 Å². The van der Waals surface area contributed by atoms with E-state index in [1.807, 2.05) is 13.8 Å². The van der Waals surface area contributed by atoms with Gasteiger partial charge in [0.1, 0.15) is 24.6 Å². The Morgan fingerprint density at radius 2 is 1.63 bits per heavy atom. The lowest BCUT2D eigenvalue weighted by molar-refractivity contribution is -0.157. The molecule has 0 aromatic carbocycles. The Labute approximate surface area is 257 Å². The van der Waals surface area contributed by atoms with Crippen LogP contribution in [0.4, 0.5) is 9.59 Å². The topological polar surface area (TPSA) is 107 Å². The van der Waals surface area contributed by atoms with Crippen LogP contribution in [0.3, 0.4) is 0 Å². The highest BCUT2D eigenvalue weighted by molar-refractivity contribution is 5.86. The SMILES string of the molecule is COCOC(C)(C)C(=O)CC(C)[C@H](C)[C@H]1CC[C@H]2C3=CC=C4C[C@@H](OC(=O)OC)C[C@H](OC(=O)OC)[C@]4(C)[C@H]3CC[C@]12C. The summed E-state index contributed by atoms with van der Waals surface area (Å²) in [5, 5.41) is 0. The fraction of sp³-hybridized carbons (Fsp3) is 0.794. The minimum atomic E-state index is -0.875. The first kappa shape index (κ1) is 33.5. The van der Waals surface area contributed by atoms with Crippen molar-refractivity contribution in [3.05, 3.63) is 23.3 Å². The average molecular weight is 605 g/mol. The van der Waals surface area contributed by atoms with Crippen LogP contribution in [0.15, 0.2) is 23.3 Å². The van der Waals surface area contributed by atoms with Gasteiger partial charge in [0, 0.05) is 31.8 Å². The van der Waals surface area contributed by atoms with Crippen LogP contribution in [0.1, 0.15) is 86.5 Å². The number of rotatable bonds is 10. The van der Waals surface area contributed by atoms with Crippen molar-refractivity contribution in [1.29, 1.82) is 0 Å². The van der Waals surface area contributed by atoms with Crippen molar-refractivity contribution in [1.82, 2.24) is 0 Å². The number of ether oxygens (including phenoxy) is 6. The molecule has 242 valence electrons. The van der Waals surface area contributed by atoms with E-state index in [0.29, 0.717) is 37.0 Å². The Bertz CT molecular complexity index is 1120. The number of fused-ring (bicyclic) bond motifs is 5. The Hall–Kier alpha value is -2.39. The molecule has 0 aliphatic heterocycles. The van der Waals surface area contributed by atoms with Crippen molar-refractivity contribution in [3.63, 3.8) is 0 Å². The second-order valence-corrected chi connectivity index (χ2v) is 14.2. The van der Waals surface area contributed by atoms with Gasteiger partial charge in [0.2, 0.25) is 0 Å². The zero-order valence-electron chi connectivity index (χ0n) is 27.5. The van der Waals surface area contributed by atoms with Gasteiger partial charge in [-0.15, -0.1) is 0 Å². The van der Waals surface area contributed by atoms with Gasteiger partial charge in [0.05, 0.1) is 14.2 Å². The average Bonchev–Trinajstić information content (AvgIpc) is 3.33. The molecule has 0 radical (unpaired) electrons. The number of carbonyl (C=O) groups is 3. The van der Waals surface area contributed by atoms with Crippen LogP contribution in [0.5, 0.6) is 0 Å². The predicted molar refractivity (Wildman–Crippen MR) is 160 cm³/mol. The van der Waals surface area contributed by atoms with E-state index >= 15 is 0 Å². The van der Waals surface area contributed by atoms with Gasteiger partial charge in [-0.2, -0.15) is 0 Å². The van der Waals surface area contributed by atoms with Crippen LogP contribution < -0.4 is 0 Å². The second kappa shape index (κ2) is 12.9. The van der Waals surface area contributed by atoms with Crippen molar-refractivity contribution in [2.45, 2.75) is 104 Å². The summed E-state index contributed by atoms with van der Waals surface area (Å²) in [6.07, 6.45) is 7.78. The highest BCUT2D eigenvalue weighted by Gasteiger charge is 2.60. The number of methoxy groups -OCH3 is 3. The quantitative estimate of drug-likeness (QED) is 0.192. The number of carbonyl (C=O) groups excluding carboxylic acids is 3. The monoisotopic (exact) mass is 604 g/mol. The maximum absolute atomic E-state index is 13.2. The van der Waals surface area contributed by atoms with Gasteiger partial charge in [0.15, 0.2) is 5.78 Å². The van der Waals surface area contributed by atoms with E-state index in [-0.39, 0.29) is 29.8 Å². The molecular weight excluding hydrogens is 552 g/mol. The fourth-order valence-corrected chi connectivity index (χ4v) is 8.93. The first-order valence-electron chi connectivity index (χ1n) is 15.8. The van der Waals surface area contributed by atoms with Gasteiger partial charge in [-0.05, 0) is 74.5 Å². The molecule has 4 aliphatic carbocycles. The van der Waals surface area contributed by atoms with Crippen molar-refractivity contribution in [2.24, 2.45) is 40.4 Å². The Morgan fingerprint density at radius 1 is 0.953 bits per heavy atom. The summed E-state index contributed by atoms with van der Waals surface area (Å²) in [6.45, 7) is 12.9. The van der Waals surface area contributed by atoms with Gasteiger partial charge in [-0.1, -0.05) is 51.0 Å². The van der Waals surface area contributed by atoms with Crippen molar-refractivity contribution in [2.75, 3.05) is 28.1 Å². The Morgan fingerprint density at radius 3 is 2.28 bits per heavy atom. The summed E-state index contributed by atoms with van der Waals surface area (Å²) in [4.78, 5) is 37.5. The van der Waals surface area contributed by atoms with E-state index in [1.54, 1.807) is 7.11 Å². The zero-order chi connectivity index (χ0) is 31.7. The normalized spacial score (nSPS) is 34.8. The summed E-state index contributed by atoms with van der Waals surface area (Å²) in [6, 6.07) is 0. The molecule has 0 heterocycles. The molecule has 0 spiro atoms. The summed E-state index contributed by atoms with van der Waals surface area (Å²) in [5.74, 6) is 1.84. The first-order valence-corrected chi connectivity index (χ1v) is 15.8. The summed E-state index contributed by atoms with van der Waals surface area (Å²) < 4.78 is 31.8. The van der Waals surface area contributed by atoms with Gasteiger partial charge < -0.3 is 28.4 Å². The van der Waals surface area contributed by atoms with Gasteiger partial charge in [-0.25, -0.2) is 9.59 Å². The van der Waals surface area contributed by atoms with Gasteiger partial charge in [0.25, 0.3) is 0 Å². The zero-order valence-corrected chi connectivity index (χ0v) is 27.5. The maximum Gasteiger partial charge on any atom is 0.508 e. The molecule has 3 fully saturated rings. The van der Waals surface area contributed by atoms with Crippen LogP contribution in [-0.4, -0.2) is 64.0 Å². The number of hydrogen-bond donors (Lipinski definition) is 0. The highest BCUT2D eigenvalue weighted by atomic mass is 16.7. The van der Waals surface area contributed by atoms with Gasteiger partial charge in [-0.3, -0.25) is 4.79 Å². The van der Waals surface area contributed by atoms with Crippen molar-refractivity contribution >= 4 is 18.1 Å². The largest absolute Gasteiger partial charge is 0.508 e. The summed E-state index contributed by atoms with van der Waals surface area (Å²) in [7, 11) is 4.16. The third-order valence-corrected chi connectivity index (χ3v) is 11.8. The number of hydrogen-bond acceptors (Lipinski definition) is 9. The third-order valence-electron chi connectivity index (χ3n) is 11.8. The number of Topliss-reactive ketones (excluding diaryl/α,β-unsaturated/α-hetero) is 1. The molecule has 9 heteroatoms. The number of ketones is 1. The lowest BCUT2D eigenvalue weighted by Gasteiger charge is -2.57. The lowest BCUT2D eigenvalue weighted by atomic mass is 9.49. The minimum Gasteiger partial charge on any atom is -0.438 e. The third kappa shape index (κ3) is 6.26. The molecule has 9 atom stereocenters. The molecule has 0 bridgehead atoms. The first-order chi connectivity index (χ1) is 20.2. The smallest absolute Gasteiger partial charge is 0.438 e. The fourth-order valence-electron chi connectivity index (χ4n) is 8.93. The van der Waals surface area contributed by atoms with Crippen LogP contribution in [0.2, 0.25) is 0 Å². The van der Waals surface area contributed by atoms with E-state index in [4.69, 9.17) is 28.4 Å². The van der Waals surface area contributed by atoms with E-state index in [0.717, 1.165) is 31.3 Å². The molecule has 0 aromatic rings. The van der Waals surface area contributed by atoms with E-state index in [1.165, 1.54) is 19.8 Å². The summed E-state index contributed by atoms with van der Waals surface area (Å²) in [5.41, 5.74) is 1.39. The Kier molecular flexibility index (Phi) is 10.1. The predicted octanol–water partition coefficient (Wildman–Crippen LogP) is 7.03. The molecule has 0 N–H and O–H groups in total. The second-order valence-electron chi connectivity index (χ2n) is 14.2. The maximum atomic E-state index is 13.2. The summed E-state index contributed by atoms with van der Waals surface area (Å²) >= 11 is 0. The molecule has 0 aromatic heterocycles. The van der Waals surface area contributed by atoms with E-state index < -0.39 is 35.5 Å². The van der Waals surface area contributed by atoms with Crippen LogP contribution in [0.25, 0.3) is 0 Å². The van der Waals surface area contributed by atoms with E-state index in [9.17, 15) is 14.4 Å². The molecule has 9 nitrogen and oxygen atoms in total. The van der Waals surface area contributed by atoms with Crippen LogP contribution >= 0.6 is 0 Å². The molecular formula is C34H52O9. The molecule has 0 saturated heterocycles. The lowest BCUT2D eigenvalue weighted by Crippen LogP contribution is -2.54. The van der Waals surface area contributed by atoms with Gasteiger partial charge >= 0.3 is 12.3 Å². The molecule has 3 saturated carbocycles. The van der Waals surface area contributed by atoms with Crippen molar-refractivity contribution < 1.29 is 42.8 Å². The highest BCUT2D eigenvalue weighted by Crippen LogP contribution is 2.66. The Balaban J connectivity index is 1.56. The standard InChI is InChI=1S/C34H52O9/c1-20(16-28(35)32(3,4)41-19-38-7)21(2)25-12-13-26-24-11-10-22-17-23(42-30(36)39-8)18-29(43-31(37)40-9)34(22,6)27(24)14-15-33(25,26)5/h10-11,20-21,23,25-27,29H,12-19H2,1-9H3/t20?,21-,23+,25+,26-,27-,29-,33+,34-/m0/s1.